The van der Waals surface area contributed by atoms with Crippen molar-refractivity contribution in [3.8, 4) is 0 Å². The molecule has 0 saturated heterocycles. The van der Waals surface area contributed by atoms with E-state index in [9.17, 15) is 9.59 Å². The lowest BCUT2D eigenvalue weighted by Gasteiger charge is -2.08. The molecular formula is C13H12BrN3O2. The van der Waals surface area contributed by atoms with Crippen LogP contribution in [0.4, 0.5) is 11.4 Å². The minimum absolute atomic E-state index is 0.232. The molecule has 5 nitrogen and oxygen atoms in total. The molecule has 0 fully saturated rings. The Bertz CT molecular complexity index is 695. The molecule has 0 spiro atoms. The third kappa shape index (κ3) is 3.03. The van der Waals surface area contributed by atoms with Gasteiger partial charge < -0.3 is 15.6 Å². The van der Waals surface area contributed by atoms with Gasteiger partial charge in [-0.3, -0.25) is 9.59 Å². The van der Waals surface area contributed by atoms with Crippen LogP contribution in [0.15, 0.2) is 45.8 Å². The summed E-state index contributed by atoms with van der Waals surface area (Å²) in [4.78, 5) is 23.5. The molecule has 0 atom stereocenters. The van der Waals surface area contributed by atoms with Gasteiger partial charge in [-0.2, -0.15) is 0 Å². The number of carbonyl (C=O) groups is 1. The SMILES string of the molecule is Cn1ccc(C(=O)Nc2ccc(N)cc2Br)cc1=O. The number of hydrogen-bond donors (Lipinski definition) is 2. The van der Waals surface area contributed by atoms with E-state index in [2.05, 4.69) is 21.2 Å². The van der Waals surface area contributed by atoms with Gasteiger partial charge in [0.2, 0.25) is 0 Å². The summed E-state index contributed by atoms with van der Waals surface area (Å²) in [5, 5.41) is 2.71. The van der Waals surface area contributed by atoms with Crippen LogP contribution in [0.3, 0.4) is 0 Å². The number of carbonyl (C=O) groups excluding carboxylic acids is 1. The number of amides is 1. The van der Waals surface area contributed by atoms with Gasteiger partial charge in [-0.15, -0.1) is 0 Å². The summed E-state index contributed by atoms with van der Waals surface area (Å²) < 4.78 is 2.08. The van der Waals surface area contributed by atoms with Crippen LogP contribution in [0.2, 0.25) is 0 Å². The number of halogens is 1. The standard InChI is InChI=1S/C13H12BrN3O2/c1-17-5-4-8(6-12(17)18)13(19)16-11-3-2-9(15)7-10(11)14/h2-7H,15H2,1H3,(H,16,19). The first-order chi connectivity index (χ1) is 8.97. The number of nitrogens with two attached hydrogens (primary N) is 1. The first-order valence-electron chi connectivity index (χ1n) is 5.50. The van der Waals surface area contributed by atoms with Crippen molar-refractivity contribution in [2.75, 3.05) is 11.1 Å². The number of nitrogen functional groups attached to an aromatic ring is 1. The second-order valence-corrected chi connectivity index (χ2v) is 4.91. The van der Waals surface area contributed by atoms with Crippen LogP contribution in [0, 0.1) is 0 Å². The number of pyridine rings is 1. The molecule has 1 aromatic carbocycles. The first-order valence-corrected chi connectivity index (χ1v) is 6.30. The van der Waals surface area contributed by atoms with E-state index < -0.39 is 0 Å². The van der Waals surface area contributed by atoms with Crippen LogP contribution in [-0.4, -0.2) is 10.5 Å². The molecule has 3 N–H and O–H groups in total. The highest BCUT2D eigenvalue weighted by Crippen LogP contribution is 2.24. The molecule has 0 unspecified atom stereocenters. The van der Waals surface area contributed by atoms with Gasteiger partial charge in [-0.25, -0.2) is 0 Å². The summed E-state index contributed by atoms with van der Waals surface area (Å²) in [5.74, 6) is -0.344. The van der Waals surface area contributed by atoms with Gasteiger partial charge in [0.05, 0.1) is 5.69 Å². The number of benzene rings is 1. The molecule has 1 heterocycles. The van der Waals surface area contributed by atoms with Crippen molar-refractivity contribution in [2.45, 2.75) is 0 Å². The number of hydrogen-bond acceptors (Lipinski definition) is 3. The van der Waals surface area contributed by atoms with Gasteiger partial charge in [0.15, 0.2) is 0 Å². The second-order valence-electron chi connectivity index (χ2n) is 4.06. The van der Waals surface area contributed by atoms with Gasteiger partial charge in [0.25, 0.3) is 11.5 Å². The third-order valence-electron chi connectivity index (χ3n) is 2.61. The largest absolute Gasteiger partial charge is 0.399 e. The summed E-state index contributed by atoms with van der Waals surface area (Å²) in [5.41, 5.74) is 6.89. The first kappa shape index (κ1) is 13.4. The van der Waals surface area contributed by atoms with E-state index in [1.54, 1.807) is 37.5 Å². The minimum Gasteiger partial charge on any atom is -0.399 e. The highest BCUT2D eigenvalue weighted by molar-refractivity contribution is 9.10. The Morgan fingerprint density at radius 3 is 2.68 bits per heavy atom. The van der Waals surface area contributed by atoms with E-state index in [-0.39, 0.29) is 11.5 Å². The van der Waals surface area contributed by atoms with Gasteiger partial charge >= 0.3 is 0 Å². The number of aromatic nitrogens is 1. The smallest absolute Gasteiger partial charge is 0.255 e. The fraction of sp³-hybridized carbons (Fsp3) is 0.0769. The average Bonchev–Trinajstić information content (AvgIpc) is 2.36. The van der Waals surface area contributed by atoms with Crippen LogP contribution in [-0.2, 0) is 7.05 Å². The van der Waals surface area contributed by atoms with Gasteiger partial charge in [0, 0.05) is 35.0 Å². The number of aryl methyl sites for hydroxylation is 1. The Balaban J connectivity index is 2.25. The fourth-order valence-electron chi connectivity index (χ4n) is 1.52. The van der Waals surface area contributed by atoms with E-state index >= 15 is 0 Å². The van der Waals surface area contributed by atoms with Crippen molar-refractivity contribution in [3.63, 3.8) is 0 Å². The topological polar surface area (TPSA) is 77.1 Å². The highest BCUT2D eigenvalue weighted by atomic mass is 79.9. The lowest BCUT2D eigenvalue weighted by atomic mass is 10.2. The van der Waals surface area contributed by atoms with Crippen molar-refractivity contribution in [2.24, 2.45) is 7.05 Å². The van der Waals surface area contributed by atoms with Crippen LogP contribution < -0.4 is 16.6 Å². The highest BCUT2D eigenvalue weighted by Gasteiger charge is 2.09. The van der Waals surface area contributed by atoms with Gasteiger partial charge in [-0.1, -0.05) is 0 Å². The van der Waals surface area contributed by atoms with E-state index in [1.165, 1.54) is 10.6 Å². The molecule has 0 aliphatic rings. The monoisotopic (exact) mass is 321 g/mol. The predicted octanol–water partition coefficient (Wildman–Crippen LogP) is 1.98. The quantitative estimate of drug-likeness (QED) is 0.830. The Hall–Kier alpha value is -2.08. The summed E-state index contributed by atoms with van der Waals surface area (Å²) in [7, 11) is 1.63. The fourth-order valence-corrected chi connectivity index (χ4v) is 2.01. The zero-order chi connectivity index (χ0) is 14.0. The van der Waals surface area contributed by atoms with E-state index in [0.717, 1.165) is 0 Å². The van der Waals surface area contributed by atoms with Crippen LogP contribution in [0.5, 0.6) is 0 Å². The lowest BCUT2D eigenvalue weighted by Crippen LogP contribution is -2.20. The molecule has 0 radical (unpaired) electrons. The molecule has 0 saturated carbocycles. The summed E-state index contributed by atoms with van der Waals surface area (Å²) in [6, 6.07) is 7.95. The van der Waals surface area contributed by atoms with Crippen LogP contribution in [0.25, 0.3) is 0 Å². The van der Waals surface area contributed by atoms with Crippen molar-refractivity contribution < 1.29 is 4.79 Å². The number of nitrogens with zero attached hydrogens (tertiary/aromatic N) is 1. The maximum atomic E-state index is 12.0. The molecule has 0 bridgehead atoms. The van der Waals surface area contributed by atoms with Crippen molar-refractivity contribution >= 4 is 33.2 Å². The van der Waals surface area contributed by atoms with Gasteiger partial charge in [0.1, 0.15) is 0 Å². The van der Waals surface area contributed by atoms with E-state index in [4.69, 9.17) is 5.73 Å². The van der Waals surface area contributed by atoms with Crippen molar-refractivity contribution in [3.05, 3.63) is 56.9 Å². The Labute approximate surface area is 118 Å². The summed E-state index contributed by atoms with van der Waals surface area (Å²) >= 11 is 3.31. The number of nitrogens with one attached hydrogen (secondary N) is 1. The Morgan fingerprint density at radius 1 is 1.32 bits per heavy atom. The number of anilines is 2. The molecule has 19 heavy (non-hydrogen) atoms. The Morgan fingerprint density at radius 2 is 2.05 bits per heavy atom. The van der Waals surface area contributed by atoms with Crippen molar-refractivity contribution in [1.29, 1.82) is 0 Å². The maximum Gasteiger partial charge on any atom is 0.255 e. The van der Waals surface area contributed by atoms with Crippen LogP contribution in [0.1, 0.15) is 10.4 Å². The molecule has 2 aromatic rings. The normalized spacial score (nSPS) is 10.2. The summed E-state index contributed by atoms with van der Waals surface area (Å²) in [6.07, 6.45) is 1.55. The lowest BCUT2D eigenvalue weighted by molar-refractivity contribution is 0.102. The molecule has 2 rings (SSSR count). The zero-order valence-electron chi connectivity index (χ0n) is 10.2. The van der Waals surface area contributed by atoms with E-state index in [1.807, 2.05) is 0 Å². The number of rotatable bonds is 2. The van der Waals surface area contributed by atoms with Gasteiger partial charge in [-0.05, 0) is 40.2 Å². The summed E-state index contributed by atoms with van der Waals surface area (Å²) in [6.45, 7) is 0. The van der Waals surface area contributed by atoms with Crippen molar-refractivity contribution in [1.82, 2.24) is 4.57 Å². The second kappa shape index (κ2) is 5.27. The third-order valence-corrected chi connectivity index (χ3v) is 3.26. The molecule has 1 aromatic heterocycles. The maximum absolute atomic E-state index is 12.0. The predicted molar refractivity (Wildman–Crippen MR) is 78.2 cm³/mol. The molecule has 6 heteroatoms. The Kier molecular flexibility index (Phi) is 3.71. The molecule has 98 valence electrons. The molecular weight excluding hydrogens is 310 g/mol. The van der Waals surface area contributed by atoms with Crippen LogP contribution >= 0.6 is 15.9 Å². The molecule has 0 aliphatic heterocycles. The minimum atomic E-state index is -0.344. The molecule has 0 aliphatic carbocycles. The molecule has 1 amide bonds. The zero-order valence-corrected chi connectivity index (χ0v) is 11.8. The average molecular weight is 322 g/mol. The van der Waals surface area contributed by atoms with E-state index in [0.29, 0.717) is 21.4 Å².